The SMILES string of the molecule is CCCCc1ccc2oc(=O)n(C)c2c1. The molecule has 0 fully saturated rings. The first kappa shape index (κ1) is 10.0. The molecule has 2 aromatic rings. The number of hydrogen-bond acceptors (Lipinski definition) is 2. The van der Waals surface area contributed by atoms with Gasteiger partial charge in [0.25, 0.3) is 0 Å². The van der Waals surface area contributed by atoms with E-state index in [1.807, 2.05) is 18.2 Å². The lowest BCUT2D eigenvalue weighted by Crippen LogP contribution is -2.08. The van der Waals surface area contributed by atoms with Gasteiger partial charge in [-0.3, -0.25) is 4.57 Å². The van der Waals surface area contributed by atoms with E-state index in [9.17, 15) is 4.79 Å². The highest BCUT2D eigenvalue weighted by Gasteiger charge is 2.05. The van der Waals surface area contributed by atoms with Gasteiger partial charge in [-0.2, -0.15) is 0 Å². The highest BCUT2D eigenvalue weighted by Crippen LogP contribution is 2.15. The minimum atomic E-state index is -0.294. The van der Waals surface area contributed by atoms with Gasteiger partial charge in [-0.25, -0.2) is 4.79 Å². The summed E-state index contributed by atoms with van der Waals surface area (Å²) in [5.74, 6) is -0.294. The first-order chi connectivity index (χ1) is 7.22. The number of fused-ring (bicyclic) bond motifs is 1. The van der Waals surface area contributed by atoms with Crippen molar-refractivity contribution in [2.24, 2.45) is 7.05 Å². The van der Waals surface area contributed by atoms with Crippen LogP contribution < -0.4 is 5.76 Å². The zero-order valence-corrected chi connectivity index (χ0v) is 9.12. The Kier molecular flexibility index (Phi) is 2.62. The Hall–Kier alpha value is -1.51. The normalized spacial score (nSPS) is 11.1. The molecule has 2 rings (SSSR count). The molecular formula is C12H15NO2. The summed E-state index contributed by atoms with van der Waals surface area (Å²) in [5, 5.41) is 0. The molecule has 15 heavy (non-hydrogen) atoms. The van der Waals surface area contributed by atoms with Crippen molar-refractivity contribution < 1.29 is 4.42 Å². The number of rotatable bonds is 3. The van der Waals surface area contributed by atoms with Crippen LogP contribution >= 0.6 is 0 Å². The van der Waals surface area contributed by atoms with E-state index in [-0.39, 0.29) is 5.76 Å². The van der Waals surface area contributed by atoms with Crippen molar-refractivity contribution >= 4 is 11.1 Å². The summed E-state index contributed by atoms with van der Waals surface area (Å²) in [6.45, 7) is 2.17. The van der Waals surface area contributed by atoms with E-state index in [2.05, 4.69) is 6.92 Å². The van der Waals surface area contributed by atoms with E-state index in [0.717, 1.165) is 11.9 Å². The predicted molar refractivity (Wildman–Crippen MR) is 60.1 cm³/mol. The van der Waals surface area contributed by atoms with Gasteiger partial charge in [0.1, 0.15) is 0 Å². The summed E-state index contributed by atoms with van der Waals surface area (Å²) in [6.07, 6.45) is 3.42. The largest absolute Gasteiger partial charge is 0.419 e. The third-order valence-electron chi connectivity index (χ3n) is 2.67. The van der Waals surface area contributed by atoms with Gasteiger partial charge in [-0.05, 0) is 30.5 Å². The van der Waals surface area contributed by atoms with Gasteiger partial charge < -0.3 is 4.42 Å². The lowest BCUT2D eigenvalue weighted by atomic mass is 10.1. The molecule has 0 radical (unpaired) electrons. The summed E-state index contributed by atoms with van der Waals surface area (Å²) in [7, 11) is 1.73. The Balaban J connectivity index is 2.45. The molecule has 0 bridgehead atoms. The highest BCUT2D eigenvalue weighted by molar-refractivity contribution is 5.73. The third kappa shape index (κ3) is 1.82. The lowest BCUT2D eigenvalue weighted by Gasteiger charge is -1.99. The zero-order chi connectivity index (χ0) is 10.8. The maximum absolute atomic E-state index is 11.3. The van der Waals surface area contributed by atoms with E-state index in [1.54, 1.807) is 11.6 Å². The van der Waals surface area contributed by atoms with Gasteiger partial charge in [-0.1, -0.05) is 19.4 Å². The Morgan fingerprint density at radius 1 is 1.40 bits per heavy atom. The molecule has 0 aliphatic heterocycles. The molecule has 3 nitrogen and oxygen atoms in total. The molecule has 0 aliphatic carbocycles. The summed E-state index contributed by atoms with van der Waals surface area (Å²) in [4.78, 5) is 11.3. The summed E-state index contributed by atoms with van der Waals surface area (Å²) in [5.41, 5.74) is 2.82. The monoisotopic (exact) mass is 205 g/mol. The van der Waals surface area contributed by atoms with Crippen LogP contribution in [0.4, 0.5) is 0 Å². The van der Waals surface area contributed by atoms with Crippen molar-refractivity contribution in [2.75, 3.05) is 0 Å². The number of hydrogen-bond donors (Lipinski definition) is 0. The molecule has 80 valence electrons. The quantitative estimate of drug-likeness (QED) is 0.771. The fraction of sp³-hybridized carbons (Fsp3) is 0.417. The van der Waals surface area contributed by atoms with Crippen LogP contribution in [0.15, 0.2) is 27.4 Å². The van der Waals surface area contributed by atoms with Crippen LogP contribution in [0.3, 0.4) is 0 Å². The molecule has 0 saturated heterocycles. The molecule has 1 aromatic carbocycles. The van der Waals surface area contributed by atoms with E-state index in [0.29, 0.717) is 5.58 Å². The van der Waals surface area contributed by atoms with Crippen molar-refractivity contribution in [2.45, 2.75) is 26.2 Å². The van der Waals surface area contributed by atoms with Crippen LogP contribution in [-0.2, 0) is 13.5 Å². The maximum atomic E-state index is 11.3. The first-order valence-electron chi connectivity index (χ1n) is 5.31. The van der Waals surface area contributed by atoms with Gasteiger partial charge in [0.15, 0.2) is 5.58 Å². The molecule has 0 spiro atoms. The summed E-state index contributed by atoms with van der Waals surface area (Å²) in [6, 6.07) is 5.94. The fourth-order valence-electron chi connectivity index (χ4n) is 1.71. The molecule has 1 heterocycles. The third-order valence-corrected chi connectivity index (χ3v) is 2.67. The minimum absolute atomic E-state index is 0.294. The summed E-state index contributed by atoms with van der Waals surface area (Å²) >= 11 is 0. The standard InChI is InChI=1S/C12H15NO2/c1-3-4-5-9-6-7-11-10(8-9)13(2)12(14)15-11/h6-8H,3-5H2,1-2H3. The number of nitrogens with zero attached hydrogens (tertiary/aromatic N) is 1. The van der Waals surface area contributed by atoms with Crippen molar-refractivity contribution in [1.29, 1.82) is 0 Å². The van der Waals surface area contributed by atoms with Gasteiger partial charge in [-0.15, -0.1) is 0 Å². The Morgan fingerprint density at radius 3 is 2.93 bits per heavy atom. The van der Waals surface area contributed by atoms with Crippen LogP contribution in [0.5, 0.6) is 0 Å². The van der Waals surface area contributed by atoms with Crippen molar-refractivity contribution in [3.05, 3.63) is 34.3 Å². The molecule has 0 unspecified atom stereocenters. The molecule has 0 atom stereocenters. The zero-order valence-electron chi connectivity index (χ0n) is 9.12. The second-order valence-electron chi connectivity index (χ2n) is 3.83. The first-order valence-corrected chi connectivity index (χ1v) is 5.31. The molecule has 0 amide bonds. The number of unbranched alkanes of at least 4 members (excludes halogenated alkanes) is 1. The minimum Gasteiger partial charge on any atom is -0.408 e. The van der Waals surface area contributed by atoms with Gasteiger partial charge in [0.2, 0.25) is 0 Å². The van der Waals surface area contributed by atoms with Gasteiger partial charge in [0, 0.05) is 7.05 Å². The van der Waals surface area contributed by atoms with Crippen molar-refractivity contribution in [3.8, 4) is 0 Å². The smallest absolute Gasteiger partial charge is 0.408 e. The number of aryl methyl sites for hydroxylation is 2. The van der Waals surface area contributed by atoms with Crippen LogP contribution in [0.2, 0.25) is 0 Å². The van der Waals surface area contributed by atoms with Crippen molar-refractivity contribution in [3.63, 3.8) is 0 Å². The second kappa shape index (κ2) is 3.93. The highest BCUT2D eigenvalue weighted by atomic mass is 16.4. The molecular weight excluding hydrogens is 190 g/mol. The maximum Gasteiger partial charge on any atom is 0.419 e. The average molecular weight is 205 g/mol. The van der Waals surface area contributed by atoms with E-state index in [1.165, 1.54) is 18.4 Å². The fourth-order valence-corrected chi connectivity index (χ4v) is 1.71. The molecule has 0 N–H and O–H groups in total. The average Bonchev–Trinajstić information content (AvgIpc) is 2.52. The topological polar surface area (TPSA) is 35.1 Å². The lowest BCUT2D eigenvalue weighted by molar-refractivity contribution is 0.528. The number of aromatic nitrogens is 1. The van der Waals surface area contributed by atoms with Crippen molar-refractivity contribution in [1.82, 2.24) is 4.57 Å². The molecule has 0 aliphatic rings. The Labute approximate surface area is 88.3 Å². The Morgan fingerprint density at radius 2 is 2.20 bits per heavy atom. The summed E-state index contributed by atoms with van der Waals surface area (Å²) < 4.78 is 6.61. The second-order valence-corrected chi connectivity index (χ2v) is 3.83. The van der Waals surface area contributed by atoms with Gasteiger partial charge in [0.05, 0.1) is 5.52 Å². The molecule has 0 saturated carbocycles. The van der Waals surface area contributed by atoms with E-state index >= 15 is 0 Å². The predicted octanol–water partition coefficient (Wildman–Crippen LogP) is 2.47. The van der Waals surface area contributed by atoms with Crippen LogP contribution in [-0.4, -0.2) is 4.57 Å². The molecule has 3 heteroatoms. The van der Waals surface area contributed by atoms with Crippen LogP contribution in [0, 0.1) is 0 Å². The Bertz CT molecular complexity index is 522. The molecule has 1 aromatic heterocycles. The number of oxazole rings is 1. The number of benzene rings is 1. The van der Waals surface area contributed by atoms with Crippen LogP contribution in [0.1, 0.15) is 25.3 Å². The van der Waals surface area contributed by atoms with Gasteiger partial charge >= 0.3 is 5.76 Å². The van der Waals surface area contributed by atoms with E-state index in [4.69, 9.17) is 4.42 Å². The van der Waals surface area contributed by atoms with E-state index < -0.39 is 0 Å². The van der Waals surface area contributed by atoms with Crippen LogP contribution in [0.25, 0.3) is 11.1 Å².